The Kier molecular flexibility index (Phi) is 2.87. The van der Waals surface area contributed by atoms with Crippen LogP contribution in [-0.2, 0) is 13.0 Å². The summed E-state index contributed by atoms with van der Waals surface area (Å²) >= 11 is 0. The molecule has 0 bridgehead atoms. The van der Waals surface area contributed by atoms with Crippen LogP contribution in [-0.4, -0.2) is 6.04 Å². The van der Waals surface area contributed by atoms with Crippen molar-refractivity contribution in [1.82, 2.24) is 5.32 Å². The minimum Gasteiger partial charge on any atom is -0.310 e. The largest absolute Gasteiger partial charge is 0.310 e. The molecule has 1 aromatic carbocycles. The smallest absolute Gasteiger partial charge is 0.0210 e. The Labute approximate surface area is 86.5 Å². The van der Waals surface area contributed by atoms with Gasteiger partial charge in [-0.15, -0.1) is 0 Å². The molecule has 14 heavy (non-hydrogen) atoms. The van der Waals surface area contributed by atoms with Gasteiger partial charge in [0.2, 0.25) is 0 Å². The Morgan fingerprint density at radius 1 is 1.36 bits per heavy atom. The zero-order chi connectivity index (χ0) is 9.97. The Hall–Kier alpha value is -0.820. The average molecular weight is 189 g/mol. The van der Waals surface area contributed by atoms with Crippen molar-refractivity contribution < 1.29 is 0 Å². The van der Waals surface area contributed by atoms with E-state index in [1.54, 1.807) is 0 Å². The Morgan fingerprint density at radius 3 is 2.71 bits per heavy atom. The molecule has 2 rings (SSSR count). The maximum absolute atomic E-state index is 3.55. The van der Waals surface area contributed by atoms with Gasteiger partial charge in [-0.1, -0.05) is 25.1 Å². The zero-order valence-electron chi connectivity index (χ0n) is 9.14. The molecule has 0 heterocycles. The molecule has 1 N–H and O–H groups in total. The zero-order valence-corrected chi connectivity index (χ0v) is 9.14. The minimum atomic E-state index is 0.806. The van der Waals surface area contributed by atoms with E-state index in [0.717, 1.165) is 19.0 Å². The maximum Gasteiger partial charge on any atom is 0.0210 e. The number of hydrogen-bond donors (Lipinski definition) is 1. The lowest BCUT2D eigenvalue weighted by atomic mass is 10.0. The molecule has 76 valence electrons. The second-order valence-corrected chi connectivity index (χ2v) is 4.27. The van der Waals surface area contributed by atoms with Crippen LogP contribution in [0.4, 0.5) is 0 Å². The lowest BCUT2D eigenvalue weighted by molar-refractivity contribution is 0.685. The fraction of sp³-hybridized carbons (Fsp3) is 0.538. The van der Waals surface area contributed by atoms with E-state index in [9.17, 15) is 0 Å². The number of aryl methyl sites for hydroxylation is 2. The van der Waals surface area contributed by atoms with Crippen LogP contribution in [0.5, 0.6) is 0 Å². The highest BCUT2D eigenvalue weighted by atomic mass is 14.9. The molecule has 0 unspecified atom stereocenters. The predicted octanol–water partition coefficient (Wildman–Crippen LogP) is 2.81. The Morgan fingerprint density at radius 2 is 2.14 bits per heavy atom. The van der Waals surface area contributed by atoms with Gasteiger partial charge in [-0.3, -0.25) is 0 Å². The van der Waals surface area contributed by atoms with E-state index in [1.807, 2.05) is 0 Å². The van der Waals surface area contributed by atoms with Crippen LogP contribution in [0.2, 0.25) is 0 Å². The van der Waals surface area contributed by atoms with Crippen molar-refractivity contribution in [3.63, 3.8) is 0 Å². The first-order chi connectivity index (χ1) is 6.79. The van der Waals surface area contributed by atoms with Crippen molar-refractivity contribution in [2.24, 2.45) is 0 Å². The van der Waals surface area contributed by atoms with Gasteiger partial charge >= 0.3 is 0 Å². The fourth-order valence-corrected chi connectivity index (χ4v) is 1.72. The van der Waals surface area contributed by atoms with Crippen LogP contribution in [0, 0.1) is 6.92 Å². The first-order valence-electron chi connectivity index (χ1n) is 5.61. The van der Waals surface area contributed by atoms with E-state index in [-0.39, 0.29) is 0 Å². The predicted molar refractivity (Wildman–Crippen MR) is 60.4 cm³/mol. The third kappa shape index (κ3) is 2.36. The quantitative estimate of drug-likeness (QED) is 0.768. The Bertz CT molecular complexity index is 313. The van der Waals surface area contributed by atoms with Gasteiger partial charge in [0.1, 0.15) is 0 Å². The average Bonchev–Trinajstić information content (AvgIpc) is 2.99. The minimum absolute atomic E-state index is 0.806. The monoisotopic (exact) mass is 189 g/mol. The Balaban J connectivity index is 2.01. The van der Waals surface area contributed by atoms with Gasteiger partial charge in [-0.05, 0) is 42.9 Å². The summed E-state index contributed by atoms with van der Waals surface area (Å²) in [5, 5.41) is 3.55. The van der Waals surface area contributed by atoms with Gasteiger partial charge < -0.3 is 5.32 Å². The second kappa shape index (κ2) is 4.14. The molecule has 1 nitrogen and oxygen atoms in total. The molecular formula is C13H19N. The summed E-state index contributed by atoms with van der Waals surface area (Å²) in [5.41, 5.74) is 4.32. The van der Waals surface area contributed by atoms with Gasteiger partial charge in [-0.2, -0.15) is 0 Å². The van der Waals surface area contributed by atoms with E-state index in [2.05, 4.69) is 37.4 Å². The molecule has 1 aliphatic rings. The summed E-state index contributed by atoms with van der Waals surface area (Å²) in [4.78, 5) is 0. The van der Waals surface area contributed by atoms with Crippen molar-refractivity contribution in [3.8, 4) is 0 Å². The second-order valence-electron chi connectivity index (χ2n) is 4.27. The molecule has 0 saturated heterocycles. The van der Waals surface area contributed by atoms with Crippen LogP contribution in [0.15, 0.2) is 18.2 Å². The lowest BCUT2D eigenvalue weighted by Crippen LogP contribution is -2.16. The summed E-state index contributed by atoms with van der Waals surface area (Å²) in [6, 6.07) is 7.63. The first kappa shape index (κ1) is 9.72. The summed E-state index contributed by atoms with van der Waals surface area (Å²) in [7, 11) is 0. The highest BCUT2D eigenvalue weighted by Gasteiger charge is 2.20. The molecule has 0 amide bonds. The molecule has 0 radical (unpaired) electrons. The topological polar surface area (TPSA) is 12.0 Å². The van der Waals surface area contributed by atoms with E-state index < -0.39 is 0 Å². The van der Waals surface area contributed by atoms with Crippen molar-refractivity contribution in [2.75, 3.05) is 0 Å². The number of hydrogen-bond acceptors (Lipinski definition) is 1. The number of rotatable bonds is 4. The summed E-state index contributed by atoms with van der Waals surface area (Å²) in [6.45, 7) is 5.46. The maximum atomic E-state index is 3.55. The lowest BCUT2D eigenvalue weighted by Gasteiger charge is -2.08. The van der Waals surface area contributed by atoms with E-state index >= 15 is 0 Å². The third-order valence-electron chi connectivity index (χ3n) is 2.97. The van der Waals surface area contributed by atoms with Crippen molar-refractivity contribution in [3.05, 3.63) is 34.9 Å². The fourth-order valence-electron chi connectivity index (χ4n) is 1.72. The summed E-state index contributed by atoms with van der Waals surface area (Å²) < 4.78 is 0. The highest BCUT2D eigenvalue weighted by molar-refractivity contribution is 5.31. The van der Waals surface area contributed by atoms with Gasteiger partial charge in [-0.25, -0.2) is 0 Å². The highest BCUT2D eigenvalue weighted by Crippen LogP contribution is 2.20. The standard InChI is InChI=1S/C13H19N/c1-3-11-4-5-12(10(2)8-11)9-14-13-6-7-13/h4-5,8,13-14H,3,6-7,9H2,1-2H3. The number of benzene rings is 1. The molecular weight excluding hydrogens is 170 g/mol. The van der Waals surface area contributed by atoms with Crippen LogP contribution >= 0.6 is 0 Å². The third-order valence-corrected chi connectivity index (χ3v) is 2.97. The van der Waals surface area contributed by atoms with E-state index in [4.69, 9.17) is 0 Å². The molecule has 1 fully saturated rings. The van der Waals surface area contributed by atoms with Crippen LogP contribution in [0.25, 0.3) is 0 Å². The molecule has 1 aliphatic carbocycles. The van der Waals surface area contributed by atoms with Crippen LogP contribution in [0.3, 0.4) is 0 Å². The van der Waals surface area contributed by atoms with Crippen LogP contribution in [0.1, 0.15) is 36.5 Å². The first-order valence-corrected chi connectivity index (χ1v) is 5.61. The van der Waals surface area contributed by atoms with E-state index in [1.165, 1.54) is 29.5 Å². The number of nitrogens with one attached hydrogen (secondary N) is 1. The van der Waals surface area contributed by atoms with Gasteiger partial charge in [0.25, 0.3) is 0 Å². The normalized spacial score (nSPS) is 15.9. The van der Waals surface area contributed by atoms with Gasteiger partial charge in [0.05, 0.1) is 0 Å². The molecule has 1 saturated carbocycles. The summed E-state index contributed by atoms with van der Waals surface area (Å²) in [6.07, 6.45) is 3.87. The van der Waals surface area contributed by atoms with Crippen molar-refractivity contribution >= 4 is 0 Å². The molecule has 0 spiro atoms. The van der Waals surface area contributed by atoms with Gasteiger partial charge in [0, 0.05) is 12.6 Å². The molecule has 0 aromatic heterocycles. The SMILES string of the molecule is CCc1ccc(CNC2CC2)c(C)c1. The van der Waals surface area contributed by atoms with Crippen molar-refractivity contribution in [1.29, 1.82) is 0 Å². The van der Waals surface area contributed by atoms with Crippen molar-refractivity contribution in [2.45, 2.75) is 45.7 Å². The molecule has 0 aliphatic heterocycles. The van der Waals surface area contributed by atoms with Gasteiger partial charge in [0.15, 0.2) is 0 Å². The van der Waals surface area contributed by atoms with E-state index in [0.29, 0.717) is 0 Å². The van der Waals surface area contributed by atoms with Crippen LogP contribution < -0.4 is 5.32 Å². The molecule has 0 atom stereocenters. The molecule has 1 aromatic rings. The molecule has 1 heteroatoms. The summed E-state index contributed by atoms with van der Waals surface area (Å²) in [5.74, 6) is 0.